The Balaban J connectivity index is 1.52. The second kappa shape index (κ2) is 8.03. The van der Waals surface area contributed by atoms with Crippen molar-refractivity contribution in [1.82, 2.24) is 10.3 Å². The Kier molecular flexibility index (Phi) is 5.56. The fraction of sp³-hybridized carbons (Fsp3) is 0.200. The van der Waals surface area contributed by atoms with Gasteiger partial charge < -0.3 is 5.32 Å². The van der Waals surface area contributed by atoms with Gasteiger partial charge in [0.05, 0.1) is 0 Å². The van der Waals surface area contributed by atoms with E-state index >= 15 is 0 Å². The van der Waals surface area contributed by atoms with Crippen molar-refractivity contribution in [3.63, 3.8) is 0 Å². The molecular formula is C20H19FN2OS. The third-order valence-corrected chi connectivity index (χ3v) is 4.69. The van der Waals surface area contributed by atoms with E-state index in [0.717, 1.165) is 22.3 Å². The molecule has 0 saturated carbocycles. The Morgan fingerprint density at radius 2 is 2.04 bits per heavy atom. The highest BCUT2D eigenvalue weighted by atomic mass is 32.1. The van der Waals surface area contributed by atoms with Crippen molar-refractivity contribution < 1.29 is 9.18 Å². The number of aromatic nitrogens is 1. The standard InChI is InChI=1S/C20H19FN2OS/c1-14-8-15(2-4-19(14)21)3-5-20(24)23-11-16-9-18(12-22-10-16)17-6-7-25-13-17/h2,4,6-10,12-13H,3,5,11H2,1H3,(H,23,24). The van der Waals surface area contributed by atoms with Gasteiger partial charge in [0.2, 0.25) is 5.91 Å². The number of pyridine rings is 1. The van der Waals surface area contributed by atoms with Gasteiger partial charge in [-0.2, -0.15) is 11.3 Å². The molecular weight excluding hydrogens is 335 g/mol. The number of carbonyl (C=O) groups is 1. The van der Waals surface area contributed by atoms with Gasteiger partial charge in [0, 0.05) is 30.9 Å². The normalized spacial score (nSPS) is 10.6. The smallest absolute Gasteiger partial charge is 0.220 e. The van der Waals surface area contributed by atoms with Crippen molar-refractivity contribution in [2.45, 2.75) is 26.3 Å². The van der Waals surface area contributed by atoms with Gasteiger partial charge in [-0.3, -0.25) is 9.78 Å². The van der Waals surface area contributed by atoms with Gasteiger partial charge in [0.25, 0.3) is 0 Å². The Hall–Kier alpha value is -2.53. The van der Waals surface area contributed by atoms with Gasteiger partial charge in [-0.1, -0.05) is 12.1 Å². The monoisotopic (exact) mass is 354 g/mol. The average Bonchev–Trinajstić information content (AvgIpc) is 3.16. The Morgan fingerprint density at radius 1 is 1.16 bits per heavy atom. The fourth-order valence-corrected chi connectivity index (χ4v) is 3.25. The largest absolute Gasteiger partial charge is 0.352 e. The van der Waals surface area contributed by atoms with Crippen LogP contribution in [0.2, 0.25) is 0 Å². The first kappa shape index (κ1) is 17.3. The van der Waals surface area contributed by atoms with E-state index in [4.69, 9.17) is 0 Å². The molecule has 2 aromatic heterocycles. The summed E-state index contributed by atoms with van der Waals surface area (Å²) in [7, 11) is 0. The third-order valence-electron chi connectivity index (χ3n) is 4.00. The van der Waals surface area contributed by atoms with Crippen LogP contribution in [-0.4, -0.2) is 10.9 Å². The molecule has 0 fully saturated rings. The van der Waals surface area contributed by atoms with Crippen LogP contribution in [0.25, 0.3) is 11.1 Å². The minimum Gasteiger partial charge on any atom is -0.352 e. The van der Waals surface area contributed by atoms with Crippen molar-refractivity contribution in [3.8, 4) is 11.1 Å². The zero-order valence-corrected chi connectivity index (χ0v) is 14.8. The lowest BCUT2D eigenvalue weighted by Gasteiger charge is -2.07. The number of nitrogens with one attached hydrogen (secondary N) is 1. The van der Waals surface area contributed by atoms with Gasteiger partial charge >= 0.3 is 0 Å². The highest BCUT2D eigenvalue weighted by molar-refractivity contribution is 7.08. The summed E-state index contributed by atoms with van der Waals surface area (Å²) in [6.45, 7) is 2.18. The number of hydrogen-bond donors (Lipinski definition) is 1. The first-order valence-electron chi connectivity index (χ1n) is 8.10. The van der Waals surface area contributed by atoms with Crippen LogP contribution in [0.5, 0.6) is 0 Å². The number of aryl methyl sites for hydroxylation is 2. The third kappa shape index (κ3) is 4.73. The lowest BCUT2D eigenvalue weighted by atomic mass is 10.1. The number of amides is 1. The summed E-state index contributed by atoms with van der Waals surface area (Å²) in [5.74, 6) is -0.242. The zero-order valence-electron chi connectivity index (χ0n) is 14.0. The molecule has 3 nitrogen and oxygen atoms in total. The molecule has 1 amide bonds. The van der Waals surface area contributed by atoms with E-state index in [2.05, 4.69) is 21.7 Å². The maximum atomic E-state index is 13.3. The molecule has 2 heterocycles. The summed E-state index contributed by atoms with van der Waals surface area (Å²) in [6, 6.07) is 9.05. The molecule has 1 aromatic carbocycles. The van der Waals surface area contributed by atoms with E-state index in [1.54, 1.807) is 36.6 Å². The second-order valence-electron chi connectivity index (χ2n) is 5.95. The second-order valence-corrected chi connectivity index (χ2v) is 6.73. The van der Waals surface area contributed by atoms with E-state index in [9.17, 15) is 9.18 Å². The maximum absolute atomic E-state index is 13.3. The number of benzene rings is 1. The topological polar surface area (TPSA) is 42.0 Å². The van der Waals surface area contributed by atoms with Gasteiger partial charge in [-0.25, -0.2) is 4.39 Å². The number of carbonyl (C=O) groups excluding carboxylic acids is 1. The molecule has 0 saturated heterocycles. The van der Waals surface area contributed by atoms with Crippen LogP contribution in [-0.2, 0) is 17.8 Å². The summed E-state index contributed by atoms with van der Waals surface area (Å²) in [5.41, 5.74) is 4.73. The molecule has 0 radical (unpaired) electrons. The molecule has 0 aliphatic rings. The quantitative estimate of drug-likeness (QED) is 0.708. The molecule has 0 unspecified atom stereocenters. The van der Waals surface area contributed by atoms with Crippen LogP contribution in [0, 0.1) is 12.7 Å². The Bertz CT molecular complexity index is 862. The average molecular weight is 354 g/mol. The van der Waals surface area contributed by atoms with Gasteiger partial charge in [-0.05, 0) is 64.6 Å². The van der Waals surface area contributed by atoms with E-state index in [1.165, 1.54) is 6.07 Å². The lowest BCUT2D eigenvalue weighted by Crippen LogP contribution is -2.23. The minimum absolute atomic E-state index is 0.0251. The number of rotatable bonds is 6. The molecule has 25 heavy (non-hydrogen) atoms. The van der Waals surface area contributed by atoms with Crippen LogP contribution in [0.4, 0.5) is 4.39 Å². The van der Waals surface area contributed by atoms with Crippen LogP contribution in [0.15, 0.2) is 53.5 Å². The molecule has 128 valence electrons. The first-order chi connectivity index (χ1) is 12.1. The minimum atomic E-state index is -0.216. The van der Waals surface area contributed by atoms with Crippen molar-refractivity contribution >= 4 is 17.2 Å². The molecule has 0 spiro atoms. The van der Waals surface area contributed by atoms with Gasteiger partial charge in [-0.15, -0.1) is 0 Å². The van der Waals surface area contributed by atoms with Crippen LogP contribution in [0.1, 0.15) is 23.1 Å². The van der Waals surface area contributed by atoms with Crippen molar-refractivity contribution in [1.29, 1.82) is 0 Å². The van der Waals surface area contributed by atoms with Gasteiger partial charge in [0.15, 0.2) is 0 Å². The summed E-state index contributed by atoms with van der Waals surface area (Å²) in [6.07, 6.45) is 4.56. The first-order valence-corrected chi connectivity index (χ1v) is 9.04. The molecule has 0 atom stereocenters. The summed E-state index contributed by atoms with van der Waals surface area (Å²) < 4.78 is 13.3. The number of halogens is 1. The Morgan fingerprint density at radius 3 is 2.80 bits per heavy atom. The number of nitrogens with zero attached hydrogens (tertiary/aromatic N) is 1. The van der Waals surface area contributed by atoms with Crippen molar-refractivity contribution in [2.24, 2.45) is 0 Å². The summed E-state index contributed by atoms with van der Waals surface area (Å²) >= 11 is 1.64. The van der Waals surface area contributed by atoms with E-state index in [-0.39, 0.29) is 11.7 Å². The lowest BCUT2D eigenvalue weighted by molar-refractivity contribution is -0.121. The van der Waals surface area contributed by atoms with Crippen LogP contribution < -0.4 is 5.32 Å². The highest BCUT2D eigenvalue weighted by Crippen LogP contribution is 2.21. The van der Waals surface area contributed by atoms with Crippen molar-refractivity contribution in [3.05, 3.63) is 76.0 Å². The summed E-state index contributed by atoms with van der Waals surface area (Å²) in [4.78, 5) is 16.3. The molecule has 3 rings (SSSR count). The molecule has 5 heteroatoms. The maximum Gasteiger partial charge on any atom is 0.220 e. The molecule has 0 aliphatic carbocycles. The van der Waals surface area contributed by atoms with E-state index in [0.29, 0.717) is 24.9 Å². The van der Waals surface area contributed by atoms with Gasteiger partial charge in [0.1, 0.15) is 5.82 Å². The van der Waals surface area contributed by atoms with E-state index in [1.807, 2.05) is 17.6 Å². The molecule has 0 bridgehead atoms. The predicted octanol–water partition coefficient (Wildman–Crippen LogP) is 4.51. The van der Waals surface area contributed by atoms with Crippen LogP contribution >= 0.6 is 11.3 Å². The Labute approximate surface area is 150 Å². The summed E-state index contributed by atoms with van der Waals surface area (Å²) in [5, 5.41) is 7.02. The highest BCUT2D eigenvalue weighted by Gasteiger charge is 2.06. The zero-order chi connectivity index (χ0) is 17.6. The molecule has 0 aliphatic heterocycles. The molecule has 3 aromatic rings. The predicted molar refractivity (Wildman–Crippen MR) is 98.9 cm³/mol. The van der Waals surface area contributed by atoms with E-state index < -0.39 is 0 Å². The van der Waals surface area contributed by atoms with Crippen LogP contribution in [0.3, 0.4) is 0 Å². The molecule has 1 N–H and O–H groups in total. The fourth-order valence-electron chi connectivity index (χ4n) is 2.58. The SMILES string of the molecule is Cc1cc(CCC(=O)NCc2cncc(-c3ccsc3)c2)ccc1F. The number of hydrogen-bond acceptors (Lipinski definition) is 3. The van der Waals surface area contributed by atoms with Crippen molar-refractivity contribution in [2.75, 3.05) is 0 Å². The number of thiophene rings is 1.